The highest BCUT2D eigenvalue weighted by Crippen LogP contribution is 2.31. The van der Waals surface area contributed by atoms with Crippen LogP contribution in [0, 0.1) is 5.92 Å². The summed E-state index contributed by atoms with van der Waals surface area (Å²) in [5.74, 6) is 0.228. The molecule has 142 valence electrons. The molecule has 1 aliphatic carbocycles. The molecule has 2 heterocycles. The first-order valence-corrected chi connectivity index (χ1v) is 10.1. The summed E-state index contributed by atoms with van der Waals surface area (Å²) < 4.78 is 6.07. The molecule has 0 radical (unpaired) electrons. The van der Waals surface area contributed by atoms with Crippen LogP contribution in [0.1, 0.15) is 43.8 Å². The van der Waals surface area contributed by atoms with Crippen molar-refractivity contribution in [1.82, 2.24) is 10.2 Å². The standard InChI is InChI=1S/C20H27ClN2O3/c21-15-5-1-13(2-6-15)19-11-23-10-16(9-17(23)12-26-19)22-20(25)14-3-7-18(24)8-4-14/h1-2,5-6,14,16-19,24H,3-4,7-12H2,(H,22,25)/t14?,16-,17+,18?,19-/m1/s1. The molecule has 1 saturated carbocycles. The fraction of sp³-hybridized carbons (Fsp3) is 0.650. The molecule has 1 aromatic carbocycles. The molecule has 1 aromatic rings. The topological polar surface area (TPSA) is 61.8 Å². The van der Waals surface area contributed by atoms with Crippen LogP contribution in [0.4, 0.5) is 0 Å². The second-order valence-electron chi connectivity index (χ2n) is 7.93. The van der Waals surface area contributed by atoms with E-state index in [4.69, 9.17) is 16.3 Å². The molecular formula is C20H27ClN2O3. The summed E-state index contributed by atoms with van der Waals surface area (Å²) in [6.07, 6.45) is 3.89. The van der Waals surface area contributed by atoms with Gasteiger partial charge in [-0.1, -0.05) is 23.7 Å². The normalized spacial score (nSPS) is 35.1. The van der Waals surface area contributed by atoms with Crippen LogP contribution in [0.2, 0.25) is 5.02 Å². The van der Waals surface area contributed by atoms with Gasteiger partial charge in [0.05, 0.1) is 18.8 Å². The summed E-state index contributed by atoms with van der Waals surface area (Å²) in [6.45, 7) is 2.45. The van der Waals surface area contributed by atoms with Crippen molar-refractivity contribution >= 4 is 17.5 Å². The van der Waals surface area contributed by atoms with Gasteiger partial charge in [-0.2, -0.15) is 0 Å². The number of rotatable bonds is 3. The van der Waals surface area contributed by atoms with Gasteiger partial charge in [-0.05, 0) is 49.8 Å². The number of hydrogen-bond donors (Lipinski definition) is 2. The van der Waals surface area contributed by atoms with Gasteiger partial charge in [0.2, 0.25) is 5.91 Å². The van der Waals surface area contributed by atoms with Gasteiger partial charge >= 0.3 is 0 Å². The highest BCUT2D eigenvalue weighted by Gasteiger charge is 2.39. The number of nitrogens with zero attached hydrogens (tertiary/aromatic N) is 1. The van der Waals surface area contributed by atoms with Crippen LogP contribution in [0.25, 0.3) is 0 Å². The number of fused-ring (bicyclic) bond motifs is 1. The molecule has 0 unspecified atom stereocenters. The highest BCUT2D eigenvalue weighted by molar-refractivity contribution is 6.30. The van der Waals surface area contributed by atoms with Crippen molar-refractivity contribution in [3.8, 4) is 0 Å². The molecule has 1 amide bonds. The number of nitrogens with one attached hydrogen (secondary N) is 1. The predicted octanol–water partition coefficient (Wildman–Crippen LogP) is 2.52. The average molecular weight is 379 g/mol. The van der Waals surface area contributed by atoms with Crippen LogP contribution in [0.3, 0.4) is 0 Å². The average Bonchev–Trinajstić information content (AvgIpc) is 3.04. The largest absolute Gasteiger partial charge is 0.393 e. The number of aliphatic hydroxyl groups is 1. The van der Waals surface area contributed by atoms with E-state index in [1.165, 1.54) is 0 Å². The molecule has 0 aromatic heterocycles. The first-order valence-electron chi connectivity index (χ1n) is 9.68. The Labute approximate surface area is 159 Å². The third-order valence-corrected chi connectivity index (χ3v) is 6.33. The number of morpholine rings is 1. The van der Waals surface area contributed by atoms with Gasteiger partial charge in [0.1, 0.15) is 0 Å². The predicted molar refractivity (Wildman–Crippen MR) is 100 cm³/mol. The molecule has 6 heteroatoms. The summed E-state index contributed by atoms with van der Waals surface area (Å²) >= 11 is 5.97. The van der Waals surface area contributed by atoms with Crippen molar-refractivity contribution in [3.63, 3.8) is 0 Å². The Morgan fingerprint density at radius 2 is 1.88 bits per heavy atom. The minimum atomic E-state index is -0.221. The molecule has 0 bridgehead atoms. The minimum Gasteiger partial charge on any atom is -0.393 e. The summed E-state index contributed by atoms with van der Waals surface area (Å²) in [6, 6.07) is 8.45. The summed E-state index contributed by atoms with van der Waals surface area (Å²) in [7, 11) is 0. The number of halogens is 1. The van der Waals surface area contributed by atoms with Gasteiger partial charge in [-0.25, -0.2) is 0 Å². The van der Waals surface area contributed by atoms with E-state index in [2.05, 4.69) is 10.2 Å². The third-order valence-electron chi connectivity index (χ3n) is 6.07. The Kier molecular flexibility index (Phi) is 5.50. The minimum absolute atomic E-state index is 0.0640. The van der Waals surface area contributed by atoms with Crippen LogP contribution in [0.5, 0.6) is 0 Å². The van der Waals surface area contributed by atoms with E-state index in [1.54, 1.807) is 0 Å². The molecule has 2 N–H and O–H groups in total. The van der Waals surface area contributed by atoms with Crippen molar-refractivity contribution in [2.75, 3.05) is 19.7 Å². The zero-order chi connectivity index (χ0) is 18.1. The van der Waals surface area contributed by atoms with Gasteiger partial charge in [0, 0.05) is 36.1 Å². The van der Waals surface area contributed by atoms with Gasteiger partial charge < -0.3 is 15.2 Å². The van der Waals surface area contributed by atoms with E-state index in [0.717, 1.165) is 55.8 Å². The molecule has 3 aliphatic rings. The van der Waals surface area contributed by atoms with E-state index in [0.29, 0.717) is 12.6 Å². The molecule has 2 saturated heterocycles. The van der Waals surface area contributed by atoms with Crippen LogP contribution < -0.4 is 5.32 Å². The molecule has 3 atom stereocenters. The van der Waals surface area contributed by atoms with Gasteiger partial charge in [-0.15, -0.1) is 0 Å². The first-order chi connectivity index (χ1) is 12.6. The monoisotopic (exact) mass is 378 g/mol. The first kappa shape index (κ1) is 18.2. The Hall–Kier alpha value is -1.14. The second kappa shape index (κ2) is 7.85. The van der Waals surface area contributed by atoms with Gasteiger partial charge in [0.25, 0.3) is 0 Å². The Morgan fingerprint density at radius 1 is 1.15 bits per heavy atom. The quantitative estimate of drug-likeness (QED) is 0.848. The van der Waals surface area contributed by atoms with E-state index in [1.807, 2.05) is 24.3 Å². The highest BCUT2D eigenvalue weighted by atomic mass is 35.5. The molecule has 4 rings (SSSR count). The number of benzene rings is 1. The zero-order valence-corrected chi connectivity index (χ0v) is 15.7. The van der Waals surface area contributed by atoms with E-state index in [-0.39, 0.29) is 30.1 Å². The van der Waals surface area contributed by atoms with E-state index < -0.39 is 0 Å². The maximum atomic E-state index is 12.5. The lowest BCUT2D eigenvalue weighted by Gasteiger charge is -2.35. The molecule has 2 aliphatic heterocycles. The van der Waals surface area contributed by atoms with E-state index >= 15 is 0 Å². The fourth-order valence-corrected chi connectivity index (χ4v) is 4.64. The van der Waals surface area contributed by atoms with Crippen LogP contribution in [-0.4, -0.2) is 53.8 Å². The number of carbonyl (C=O) groups is 1. The number of aliphatic hydroxyl groups excluding tert-OH is 1. The van der Waals surface area contributed by atoms with Gasteiger partial charge in [-0.3, -0.25) is 9.69 Å². The van der Waals surface area contributed by atoms with Crippen molar-refractivity contribution in [3.05, 3.63) is 34.9 Å². The van der Waals surface area contributed by atoms with Crippen molar-refractivity contribution in [1.29, 1.82) is 0 Å². The smallest absolute Gasteiger partial charge is 0.223 e. The molecular weight excluding hydrogens is 352 g/mol. The second-order valence-corrected chi connectivity index (χ2v) is 8.36. The van der Waals surface area contributed by atoms with Crippen molar-refractivity contribution < 1.29 is 14.6 Å². The van der Waals surface area contributed by atoms with Crippen LogP contribution in [-0.2, 0) is 9.53 Å². The van der Waals surface area contributed by atoms with Crippen LogP contribution in [0.15, 0.2) is 24.3 Å². The molecule has 26 heavy (non-hydrogen) atoms. The maximum absolute atomic E-state index is 12.5. The summed E-state index contributed by atoms with van der Waals surface area (Å²) in [5.41, 5.74) is 1.15. The molecule has 3 fully saturated rings. The molecule has 5 nitrogen and oxygen atoms in total. The number of amides is 1. The zero-order valence-electron chi connectivity index (χ0n) is 14.9. The number of hydrogen-bond acceptors (Lipinski definition) is 4. The fourth-order valence-electron chi connectivity index (χ4n) is 4.51. The Bertz CT molecular complexity index is 630. The van der Waals surface area contributed by atoms with Crippen molar-refractivity contribution in [2.24, 2.45) is 5.92 Å². The lowest BCUT2D eigenvalue weighted by Crippen LogP contribution is -2.43. The SMILES string of the molecule is O=C(N[C@@H]1C[C@H]2CO[C@@H](c3ccc(Cl)cc3)CN2C1)C1CCC(O)CC1. The number of carbonyl (C=O) groups excluding carboxylic acids is 1. The lowest BCUT2D eigenvalue weighted by molar-refractivity contribution is -0.127. The van der Waals surface area contributed by atoms with Crippen LogP contribution >= 0.6 is 11.6 Å². The lowest BCUT2D eigenvalue weighted by atomic mass is 9.87. The van der Waals surface area contributed by atoms with E-state index in [9.17, 15) is 9.90 Å². The maximum Gasteiger partial charge on any atom is 0.223 e. The Balaban J connectivity index is 1.30. The molecule has 0 spiro atoms. The van der Waals surface area contributed by atoms with Crippen molar-refractivity contribution in [2.45, 2.75) is 56.4 Å². The van der Waals surface area contributed by atoms with Gasteiger partial charge in [0.15, 0.2) is 0 Å². The number of ether oxygens (including phenoxy) is 1. The third kappa shape index (κ3) is 4.06. The summed E-state index contributed by atoms with van der Waals surface area (Å²) in [4.78, 5) is 15.0. The Morgan fingerprint density at radius 3 is 2.62 bits per heavy atom. The summed E-state index contributed by atoms with van der Waals surface area (Å²) in [5, 5.41) is 13.6.